The van der Waals surface area contributed by atoms with Gasteiger partial charge in [0, 0.05) is 6.07 Å². The molecule has 0 aliphatic heterocycles. The van der Waals surface area contributed by atoms with Crippen molar-refractivity contribution in [3.05, 3.63) is 23.8 Å². The normalized spacial score (nSPS) is 16.7. The Morgan fingerprint density at radius 3 is 2.62 bits per heavy atom. The smallest absolute Gasteiger partial charge is 0.121 e. The van der Waals surface area contributed by atoms with E-state index in [-0.39, 0.29) is 0 Å². The second-order valence-electron chi connectivity index (χ2n) is 4.24. The molecule has 1 fully saturated rings. The van der Waals surface area contributed by atoms with Crippen LogP contribution >= 0.6 is 0 Å². The summed E-state index contributed by atoms with van der Waals surface area (Å²) in [5.74, 6) is 0.781. The van der Waals surface area contributed by atoms with Crippen molar-refractivity contribution < 1.29 is 4.74 Å². The maximum absolute atomic E-state index is 8.76. The van der Waals surface area contributed by atoms with Crippen LogP contribution in [-0.4, -0.2) is 6.10 Å². The molecule has 0 saturated heterocycles. The molecule has 1 aliphatic rings. The predicted octanol–water partition coefficient (Wildman–Crippen LogP) is 2.85. The van der Waals surface area contributed by atoms with E-state index in [4.69, 9.17) is 15.7 Å². The molecule has 0 amide bonds. The molecule has 0 heterocycles. The number of hydrogen-bond donors (Lipinski definition) is 1. The molecule has 0 aromatic heterocycles. The molecule has 0 spiro atoms. The summed E-state index contributed by atoms with van der Waals surface area (Å²) in [6, 6.07) is 7.33. The maximum Gasteiger partial charge on any atom is 0.121 e. The molecule has 1 aliphatic carbocycles. The number of nitriles is 1. The van der Waals surface area contributed by atoms with Gasteiger partial charge in [-0.05, 0) is 37.8 Å². The van der Waals surface area contributed by atoms with Gasteiger partial charge >= 0.3 is 0 Å². The standard InChI is InChI=1S/C13H16N2O/c14-9-10-6-7-12(8-13(10)15)16-11-4-2-1-3-5-11/h6-8,11H,1-5,15H2. The molecular formula is C13H16N2O. The lowest BCUT2D eigenvalue weighted by molar-refractivity contribution is 0.155. The lowest BCUT2D eigenvalue weighted by Gasteiger charge is -2.23. The van der Waals surface area contributed by atoms with Crippen LogP contribution in [0.15, 0.2) is 18.2 Å². The molecule has 2 rings (SSSR count). The summed E-state index contributed by atoms with van der Waals surface area (Å²) in [5.41, 5.74) is 6.74. The summed E-state index contributed by atoms with van der Waals surface area (Å²) in [6.07, 6.45) is 6.38. The molecule has 0 bridgehead atoms. The first-order valence-electron chi connectivity index (χ1n) is 5.76. The van der Waals surface area contributed by atoms with E-state index in [1.807, 2.05) is 12.1 Å². The minimum Gasteiger partial charge on any atom is -0.490 e. The molecule has 1 aromatic carbocycles. The van der Waals surface area contributed by atoms with Gasteiger partial charge in [0.2, 0.25) is 0 Å². The van der Waals surface area contributed by atoms with Crippen LogP contribution in [0.25, 0.3) is 0 Å². The average Bonchev–Trinajstić information content (AvgIpc) is 2.31. The van der Waals surface area contributed by atoms with Crippen molar-refractivity contribution in [3.8, 4) is 11.8 Å². The SMILES string of the molecule is N#Cc1ccc(OC2CCCCC2)cc1N. The van der Waals surface area contributed by atoms with Gasteiger partial charge in [-0.15, -0.1) is 0 Å². The number of benzene rings is 1. The molecule has 3 heteroatoms. The van der Waals surface area contributed by atoms with Gasteiger partial charge in [0.15, 0.2) is 0 Å². The fourth-order valence-corrected chi connectivity index (χ4v) is 2.09. The van der Waals surface area contributed by atoms with Gasteiger partial charge in [-0.2, -0.15) is 5.26 Å². The first-order chi connectivity index (χ1) is 7.79. The van der Waals surface area contributed by atoms with Crippen LogP contribution in [0.3, 0.4) is 0 Å². The minimum atomic E-state index is 0.320. The zero-order chi connectivity index (χ0) is 11.4. The number of rotatable bonds is 2. The van der Waals surface area contributed by atoms with Crippen molar-refractivity contribution in [2.75, 3.05) is 5.73 Å². The van der Waals surface area contributed by atoms with E-state index in [1.54, 1.807) is 12.1 Å². The Kier molecular flexibility index (Phi) is 3.31. The molecule has 1 aromatic rings. The maximum atomic E-state index is 8.76. The minimum absolute atomic E-state index is 0.320. The lowest BCUT2D eigenvalue weighted by Crippen LogP contribution is -2.19. The van der Waals surface area contributed by atoms with Gasteiger partial charge in [-0.3, -0.25) is 0 Å². The zero-order valence-corrected chi connectivity index (χ0v) is 9.28. The first kappa shape index (κ1) is 10.8. The number of ether oxygens (including phenoxy) is 1. The van der Waals surface area contributed by atoms with E-state index in [0.717, 1.165) is 18.6 Å². The molecular weight excluding hydrogens is 200 g/mol. The number of nitrogens with zero attached hydrogens (tertiary/aromatic N) is 1. The first-order valence-corrected chi connectivity index (χ1v) is 5.76. The third kappa shape index (κ3) is 2.46. The van der Waals surface area contributed by atoms with E-state index >= 15 is 0 Å². The van der Waals surface area contributed by atoms with Gasteiger partial charge in [-0.1, -0.05) is 6.42 Å². The fourth-order valence-electron chi connectivity index (χ4n) is 2.09. The zero-order valence-electron chi connectivity index (χ0n) is 9.28. The van der Waals surface area contributed by atoms with Crippen molar-refractivity contribution in [2.45, 2.75) is 38.2 Å². The Hall–Kier alpha value is -1.69. The van der Waals surface area contributed by atoms with Crippen molar-refractivity contribution in [1.29, 1.82) is 5.26 Å². The number of nitrogens with two attached hydrogens (primary N) is 1. The van der Waals surface area contributed by atoms with Crippen molar-refractivity contribution in [2.24, 2.45) is 0 Å². The van der Waals surface area contributed by atoms with E-state index in [0.29, 0.717) is 17.4 Å². The van der Waals surface area contributed by atoms with Gasteiger partial charge in [-0.25, -0.2) is 0 Å². The fraction of sp³-hybridized carbons (Fsp3) is 0.462. The summed E-state index contributed by atoms with van der Waals surface area (Å²) < 4.78 is 5.85. The highest BCUT2D eigenvalue weighted by Gasteiger charge is 2.15. The summed E-state index contributed by atoms with van der Waals surface area (Å²) in [7, 11) is 0. The quantitative estimate of drug-likeness (QED) is 0.773. The summed E-state index contributed by atoms with van der Waals surface area (Å²) in [4.78, 5) is 0. The molecule has 2 N–H and O–H groups in total. The molecule has 3 nitrogen and oxygen atoms in total. The molecule has 0 unspecified atom stereocenters. The third-order valence-corrected chi connectivity index (χ3v) is 3.00. The Labute approximate surface area is 95.8 Å². The van der Waals surface area contributed by atoms with E-state index in [9.17, 15) is 0 Å². The Bertz CT molecular complexity index is 403. The van der Waals surface area contributed by atoms with Crippen LogP contribution < -0.4 is 10.5 Å². The number of hydrogen-bond acceptors (Lipinski definition) is 3. The monoisotopic (exact) mass is 216 g/mol. The second kappa shape index (κ2) is 4.89. The Balaban J connectivity index is 2.04. The van der Waals surface area contributed by atoms with E-state index in [2.05, 4.69) is 0 Å². The van der Waals surface area contributed by atoms with Crippen LogP contribution in [0.4, 0.5) is 5.69 Å². The summed E-state index contributed by atoms with van der Waals surface area (Å²) in [6.45, 7) is 0. The van der Waals surface area contributed by atoms with Crippen LogP contribution in [-0.2, 0) is 0 Å². The van der Waals surface area contributed by atoms with Gasteiger partial charge < -0.3 is 10.5 Å². The summed E-state index contributed by atoms with van der Waals surface area (Å²) >= 11 is 0. The Morgan fingerprint density at radius 1 is 1.25 bits per heavy atom. The molecule has 84 valence electrons. The topological polar surface area (TPSA) is 59.0 Å². The highest BCUT2D eigenvalue weighted by molar-refractivity contribution is 5.57. The highest BCUT2D eigenvalue weighted by atomic mass is 16.5. The number of anilines is 1. The predicted molar refractivity (Wildman–Crippen MR) is 63.1 cm³/mol. The lowest BCUT2D eigenvalue weighted by atomic mass is 9.98. The number of nitrogen functional groups attached to an aromatic ring is 1. The van der Waals surface area contributed by atoms with Gasteiger partial charge in [0.1, 0.15) is 11.8 Å². The van der Waals surface area contributed by atoms with E-state index < -0.39 is 0 Å². The van der Waals surface area contributed by atoms with Crippen LogP contribution in [0, 0.1) is 11.3 Å². The Morgan fingerprint density at radius 2 is 2.00 bits per heavy atom. The van der Waals surface area contributed by atoms with Crippen LogP contribution in [0.5, 0.6) is 5.75 Å². The van der Waals surface area contributed by atoms with E-state index in [1.165, 1.54) is 19.3 Å². The third-order valence-electron chi connectivity index (χ3n) is 3.00. The van der Waals surface area contributed by atoms with Crippen molar-refractivity contribution >= 4 is 5.69 Å². The average molecular weight is 216 g/mol. The largest absolute Gasteiger partial charge is 0.490 e. The molecule has 16 heavy (non-hydrogen) atoms. The van der Waals surface area contributed by atoms with Gasteiger partial charge in [0.05, 0.1) is 17.4 Å². The van der Waals surface area contributed by atoms with Crippen molar-refractivity contribution in [1.82, 2.24) is 0 Å². The summed E-state index contributed by atoms with van der Waals surface area (Å²) in [5, 5.41) is 8.76. The second-order valence-corrected chi connectivity index (χ2v) is 4.24. The molecule has 1 saturated carbocycles. The van der Waals surface area contributed by atoms with Gasteiger partial charge in [0.25, 0.3) is 0 Å². The van der Waals surface area contributed by atoms with Crippen LogP contribution in [0.2, 0.25) is 0 Å². The molecule has 0 radical (unpaired) electrons. The van der Waals surface area contributed by atoms with Crippen LogP contribution in [0.1, 0.15) is 37.7 Å². The molecule has 0 atom stereocenters. The van der Waals surface area contributed by atoms with Crippen molar-refractivity contribution in [3.63, 3.8) is 0 Å². The highest BCUT2D eigenvalue weighted by Crippen LogP contribution is 2.25.